The number of furan rings is 1. The summed E-state index contributed by atoms with van der Waals surface area (Å²) in [5.74, 6) is 0.199. The fraction of sp³-hybridized carbons (Fsp3) is 0.286. The largest absolute Gasteiger partial charge is 0.459 e. The summed E-state index contributed by atoms with van der Waals surface area (Å²) < 4.78 is 68.6. The third-order valence-corrected chi connectivity index (χ3v) is 7.71. The summed E-state index contributed by atoms with van der Waals surface area (Å²) in [6.45, 7) is 0.0237. The van der Waals surface area contributed by atoms with Crippen molar-refractivity contribution in [2.45, 2.75) is 25.2 Å². The molecule has 164 valence electrons. The van der Waals surface area contributed by atoms with Crippen LogP contribution in [0.2, 0.25) is 0 Å². The molecule has 0 saturated carbocycles. The molecule has 3 aromatic rings. The minimum Gasteiger partial charge on any atom is -0.459 e. The zero-order valence-electron chi connectivity index (χ0n) is 16.1. The number of nitrogens with zero attached hydrogens (tertiary/aromatic N) is 1. The van der Waals surface area contributed by atoms with Crippen molar-refractivity contribution in [3.8, 4) is 11.3 Å². The van der Waals surface area contributed by atoms with E-state index in [0.29, 0.717) is 17.1 Å². The third kappa shape index (κ3) is 4.85. The maximum atomic E-state index is 13.0. The van der Waals surface area contributed by atoms with Crippen LogP contribution in [0.3, 0.4) is 0 Å². The average molecular weight is 470 g/mol. The predicted molar refractivity (Wildman–Crippen MR) is 110 cm³/mol. The third-order valence-electron chi connectivity index (χ3n) is 5.10. The van der Waals surface area contributed by atoms with E-state index in [2.05, 4.69) is 0 Å². The first-order valence-electron chi connectivity index (χ1n) is 9.44. The molecule has 1 atom stereocenters. The van der Waals surface area contributed by atoms with Crippen LogP contribution in [0.25, 0.3) is 11.3 Å². The van der Waals surface area contributed by atoms with Crippen molar-refractivity contribution in [3.05, 3.63) is 70.1 Å². The molecule has 3 heterocycles. The summed E-state index contributed by atoms with van der Waals surface area (Å²) in [6.07, 6.45) is -4.13. The van der Waals surface area contributed by atoms with E-state index < -0.39 is 27.6 Å². The van der Waals surface area contributed by atoms with Gasteiger partial charge < -0.3 is 9.32 Å². The zero-order valence-corrected chi connectivity index (χ0v) is 17.8. The van der Waals surface area contributed by atoms with Gasteiger partial charge in [0.15, 0.2) is 9.84 Å². The number of halogens is 3. The molecular weight excluding hydrogens is 451 g/mol. The summed E-state index contributed by atoms with van der Waals surface area (Å²) in [4.78, 5) is 15.0. The summed E-state index contributed by atoms with van der Waals surface area (Å²) in [6, 6.07) is 10.8. The molecule has 31 heavy (non-hydrogen) atoms. The Morgan fingerprint density at radius 1 is 1.16 bits per heavy atom. The van der Waals surface area contributed by atoms with Crippen LogP contribution >= 0.6 is 11.3 Å². The molecule has 2 aromatic heterocycles. The van der Waals surface area contributed by atoms with Crippen LogP contribution in [-0.2, 0) is 22.6 Å². The number of benzene rings is 1. The molecule has 0 bridgehead atoms. The SMILES string of the molecule is O=C(c1cccs1)N(Cc1ccc(-c2cccc(C(F)(F)F)c2)o1)[C@@H]1CCS(=O)(=O)C1. The Hall–Kier alpha value is -2.59. The lowest BCUT2D eigenvalue weighted by atomic mass is 10.1. The van der Waals surface area contributed by atoms with Gasteiger partial charge >= 0.3 is 6.18 Å². The van der Waals surface area contributed by atoms with Crippen molar-refractivity contribution in [1.82, 2.24) is 4.90 Å². The van der Waals surface area contributed by atoms with E-state index in [0.717, 1.165) is 12.1 Å². The standard InChI is InChI=1S/C21H18F3NO4S2/c22-21(23,24)15-4-1-3-14(11-15)18-7-6-17(29-18)12-25(16-8-10-31(27,28)13-16)20(26)19-5-2-9-30-19/h1-7,9,11,16H,8,10,12-13H2/t16-/m1/s1. The number of carbonyl (C=O) groups is 1. The van der Waals surface area contributed by atoms with Crippen molar-refractivity contribution in [1.29, 1.82) is 0 Å². The van der Waals surface area contributed by atoms with Crippen LogP contribution in [0.4, 0.5) is 13.2 Å². The number of rotatable bonds is 5. The van der Waals surface area contributed by atoms with Gasteiger partial charge in [-0.05, 0) is 42.1 Å². The number of carbonyl (C=O) groups excluding carboxylic acids is 1. The number of amides is 1. The lowest BCUT2D eigenvalue weighted by Crippen LogP contribution is -2.40. The van der Waals surface area contributed by atoms with E-state index in [1.807, 2.05) is 0 Å². The molecule has 1 aromatic carbocycles. The van der Waals surface area contributed by atoms with Crippen molar-refractivity contribution >= 4 is 27.1 Å². The van der Waals surface area contributed by atoms with Crippen molar-refractivity contribution in [2.24, 2.45) is 0 Å². The Kier molecular flexibility index (Phi) is 5.69. The molecule has 0 N–H and O–H groups in total. The second kappa shape index (κ2) is 8.16. The van der Waals surface area contributed by atoms with E-state index in [9.17, 15) is 26.4 Å². The monoisotopic (exact) mass is 469 g/mol. The first-order valence-corrected chi connectivity index (χ1v) is 12.1. The van der Waals surface area contributed by atoms with Gasteiger partial charge in [0, 0.05) is 11.6 Å². The molecule has 1 fully saturated rings. The predicted octanol–water partition coefficient (Wildman–Crippen LogP) is 4.86. The molecule has 5 nitrogen and oxygen atoms in total. The molecule has 1 amide bonds. The van der Waals surface area contributed by atoms with Crippen LogP contribution in [0, 0.1) is 0 Å². The molecule has 0 unspecified atom stereocenters. The number of sulfone groups is 1. The smallest absolute Gasteiger partial charge is 0.416 e. The summed E-state index contributed by atoms with van der Waals surface area (Å²) in [5, 5.41) is 1.76. The number of alkyl halides is 3. The Morgan fingerprint density at radius 2 is 1.97 bits per heavy atom. The summed E-state index contributed by atoms with van der Waals surface area (Å²) >= 11 is 1.26. The van der Waals surface area contributed by atoms with E-state index in [4.69, 9.17) is 4.42 Å². The van der Waals surface area contributed by atoms with Crippen LogP contribution in [0.5, 0.6) is 0 Å². The highest BCUT2D eigenvalue weighted by atomic mass is 32.2. The van der Waals surface area contributed by atoms with Crippen LogP contribution in [-0.4, -0.2) is 36.8 Å². The van der Waals surface area contributed by atoms with Gasteiger partial charge in [-0.3, -0.25) is 4.79 Å². The second-order valence-corrected chi connectivity index (χ2v) is 10.5. The molecule has 0 aliphatic carbocycles. The molecule has 1 aliphatic rings. The van der Waals surface area contributed by atoms with E-state index in [1.165, 1.54) is 28.4 Å². The highest BCUT2D eigenvalue weighted by Gasteiger charge is 2.36. The van der Waals surface area contributed by atoms with Crippen LogP contribution < -0.4 is 0 Å². The lowest BCUT2D eigenvalue weighted by Gasteiger charge is -2.27. The minimum absolute atomic E-state index is 0.0134. The molecule has 0 spiro atoms. The first-order chi connectivity index (χ1) is 14.6. The Labute approximate surface area is 181 Å². The van der Waals surface area contributed by atoms with Crippen molar-refractivity contribution < 1.29 is 30.8 Å². The molecule has 1 aliphatic heterocycles. The van der Waals surface area contributed by atoms with Gasteiger partial charge in [-0.1, -0.05) is 18.2 Å². The fourth-order valence-corrected chi connectivity index (χ4v) is 5.97. The van der Waals surface area contributed by atoms with Gasteiger partial charge in [0.2, 0.25) is 0 Å². The molecule has 10 heteroatoms. The van der Waals surface area contributed by atoms with Gasteiger partial charge in [-0.15, -0.1) is 11.3 Å². The maximum absolute atomic E-state index is 13.0. The quantitative estimate of drug-likeness (QED) is 0.536. The number of hydrogen-bond donors (Lipinski definition) is 0. The van der Waals surface area contributed by atoms with Gasteiger partial charge in [0.1, 0.15) is 11.5 Å². The van der Waals surface area contributed by atoms with Gasteiger partial charge in [-0.25, -0.2) is 8.42 Å². The molecule has 4 rings (SSSR count). The normalized spacial score (nSPS) is 18.2. The van der Waals surface area contributed by atoms with E-state index in [-0.39, 0.29) is 35.3 Å². The Morgan fingerprint density at radius 3 is 2.61 bits per heavy atom. The van der Waals surface area contributed by atoms with Crippen LogP contribution in [0.1, 0.15) is 27.4 Å². The number of hydrogen-bond acceptors (Lipinski definition) is 5. The van der Waals surface area contributed by atoms with Gasteiger partial charge in [0.25, 0.3) is 5.91 Å². The maximum Gasteiger partial charge on any atom is 0.416 e. The zero-order chi connectivity index (χ0) is 22.2. The summed E-state index contributed by atoms with van der Waals surface area (Å²) in [7, 11) is -3.22. The molecule has 1 saturated heterocycles. The average Bonchev–Trinajstić information content (AvgIpc) is 3.46. The highest BCUT2D eigenvalue weighted by Crippen LogP contribution is 2.33. The van der Waals surface area contributed by atoms with E-state index >= 15 is 0 Å². The first kappa shape index (κ1) is 21.6. The van der Waals surface area contributed by atoms with E-state index in [1.54, 1.807) is 29.6 Å². The van der Waals surface area contributed by atoms with Gasteiger partial charge in [-0.2, -0.15) is 13.2 Å². The fourth-order valence-electron chi connectivity index (χ4n) is 3.56. The Bertz CT molecular complexity index is 1180. The second-order valence-electron chi connectivity index (χ2n) is 7.31. The van der Waals surface area contributed by atoms with Crippen LogP contribution in [0.15, 0.2) is 58.3 Å². The Balaban J connectivity index is 1.60. The lowest BCUT2D eigenvalue weighted by molar-refractivity contribution is -0.137. The topological polar surface area (TPSA) is 67.6 Å². The molecular formula is C21H18F3NO4S2. The minimum atomic E-state index is -4.47. The van der Waals surface area contributed by atoms with Gasteiger partial charge in [0.05, 0.1) is 28.5 Å². The van der Waals surface area contributed by atoms with Crippen molar-refractivity contribution in [3.63, 3.8) is 0 Å². The highest BCUT2D eigenvalue weighted by molar-refractivity contribution is 7.91. The number of thiophene rings is 1. The molecule has 0 radical (unpaired) electrons. The van der Waals surface area contributed by atoms with Crippen molar-refractivity contribution in [2.75, 3.05) is 11.5 Å². The summed E-state index contributed by atoms with van der Waals surface area (Å²) in [5.41, 5.74) is -0.519.